The number of aromatic nitrogens is 1. The number of carbonyl (C=O) groups excluding carboxylic acids is 1. The Morgan fingerprint density at radius 3 is 2.69 bits per heavy atom. The number of nitrogens with zero attached hydrogens (tertiary/aromatic N) is 1. The van der Waals surface area contributed by atoms with Gasteiger partial charge in [-0.25, -0.2) is 9.37 Å². The van der Waals surface area contributed by atoms with Crippen LogP contribution in [0.5, 0.6) is 11.6 Å². The molecule has 0 aliphatic carbocycles. The minimum atomic E-state index is -4.33. The third-order valence-electron chi connectivity index (χ3n) is 5.02. The molecule has 32 heavy (non-hydrogen) atoms. The van der Waals surface area contributed by atoms with Crippen LogP contribution in [-0.4, -0.2) is 49.5 Å². The van der Waals surface area contributed by atoms with Crippen molar-refractivity contribution >= 4 is 16.0 Å². The van der Waals surface area contributed by atoms with Gasteiger partial charge < -0.3 is 20.1 Å². The standard InChI is InChI=1S/C21H26FN3O6S/c22-18-11-16(12-23-8-5-15-6-9-30-10-7-15)1-3-19(18)31-20-4-2-17(13-24-20)21(26)25-14-32(27,28)29/h1-4,11,13,15,23H,5-10,12,14H2,(H,25,26)(H,27,28,29). The van der Waals surface area contributed by atoms with Crippen molar-refractivity contribution in [3.63, 3.8) is 0 Å². The van der Waals surface area contributed by atoms with Crippen molar-refractivity contribution in [2.75, 3.05) is 25.6 Å². The number of hydrogen-bond acceptors (Lipinski definition) is 7. The van der Waals surface area contributed by atoms with Crippen LogP contribution in [0.3, 0.4) is 0 Å². The third-order valence-corrected chi connectivity index (χ3v) is 5.53. The van der Waals surface area contributed by atoms with Crippen LogP contribution in [0.15, 0.2) is 36.5 Å². The number of carbonyl (C=O) groups is 1. The van der Waals surface area contributed by atoms with Crippen LogP contribution in [0.25, 0.3) is 0 Å². The first-order valence-electron chi connectivity index (χ1n) is 10.2. The molecule has 1 saturated heterocycles. The number of benzene rings is 1. The lowest BCUT2D eigenvalue weighted by atomic mass is 9.97. The van der Waals surface area contributed by atoms with Gasteiger partial charge in [0, 0.05) is 32.0 Å². The minimum absolute atomic E-state index is 0.00738. The molecule has 0 bridgehead atoms. The van der Waals surface area contributed by atoms with Crippen molar-refractivity contribution in [3.8, 4) is 11.6 Å². The summed E-state index contributed by atoms with van der Waals surface area (Å²) in [6.07, 6.45) is 4.41. The zero-order valence-electron chi connectivity index (χ0n) is 17.4. The fourth-order valence-electron chi connectivity index (χ4n) is 3.26. The number of hydrogen-bond donors (Lipinski definition) is 3. The van der Waals surface area contributed by atoms with Gasteiger partial charge in [-0.05, 0) is 55.5 Å². The Bertz CT molecular complexity index is 1010. The highest BCUT2D eigenvalue weighted by molar-refractivity contribution is 7.85. The summed E-state index contributed by atoms with van der Waals surface area (Å²) in [4.78, 5) is 15.7. The summed E-state index contributed by atoms with van der Waals surface area (Å²) < 4.78 is 55.2. The largest absolute Gasteiger partial charge is 0.436 e. The second kappa shape index (κ2) is 11.3. The molecule has 9 nitrogen and oxygen atoms in total. The molecule has 174 valence electrons. The number of nitrogens with one attached hydrogen (secondary N) is 2. The predicted molar refractivity (Wildman–Crippen MR) is 114 cm³/mol. The maximum absolute atomic E-state index is 14.4. The van der Waals surface area contributed by atoms with Crippen molar-refractivity contribution in [1.29, 1.82) is 0 Å². The predicted octanol–water partition coefficient (Wildman–Crippen LogP) is 2.49. The lowest BCUT2D eigenvalue weighted by Crippen LogP contribution is -2.29. The Balaban J connectivity index is 1.47. The van der Waals surface area contributed by atoms with Crippen LogP contribution in [-0.2, 0) is 21.4 Å². The van der Waals surface area contributed by atoms with Crippen molar-refractivity contribution in [1.82, 2.24) is 15.6 Å². The van der Waals surface area contributed by atoms with E-state index in [1.54, 1.807) is 6.07 Å². The van der Waals surface area contributed by atoms with Gasteiger partial charge >= 0.3 is 0 Å². The fourth-order valence-corrected chi connectivity index (χ4v) is 3.57. The van der Waals surface area contributed by atoms with E-state index in [0.717, 1.165) is 50.8 Å². The number of pyridine rings is 1. The van der Waals surface area contributed by atoms with Gasteiger partial charge in [0.15, 0.2) is 11.6 Å². The molecule has 0 atom stereocenters. The van der Waals surface area contributed by atoms with Gasteiger partial charge in [0.25, 0.3) is 16.0 Å². The summed E-state index contributed by atoms with van der Waals surface area (Å²) in [5.74, 6) is -1.44. The molecule has 1 aromatic carbocycles. The summed E-state index contributed by atoms with van der Waals surface area (Å²) in [5.41, 5.74) is 0.851. The molecule has 1 aromatic heterocycles. The van der Waals surface area contributed by atoms with Crippen molar-refractivity contribution in [3.05, 3.63) is 53.5 Å². The van der Waals surface area contributed by atoms with E-state index in [1.807, 2.05) is 5.32 Å². The molecule has 3 rings (SSSR count). The molecule has 0 saturated carbocycles. The van der Waals surface area contributed by atoms with Crippen molar-refractivity contribution in [2.24, 2.45) is 5.92 Å². The van der Waals surface area contributed by atoms with Crippen LogP contribution < -0.4 is 15.4 Å². The average molecular weight is 468 g/mol. The lowest BCUT2D eigenvalue weighted by molar-refractivity contribution is 0.0639. The van der Waals surface area contributed by atoms with Gasteiger partial charge in [-0.2, -0.15) is 8.42 Å². The summed E-state index contributed by atoms with van der Waals surface area (Å²) >= 11 is 0. The molecule has 0 unspecified atom stereocenters. The van der Waals surface area contributed by atoms with Crippen LogP contribution >= 0.6 is 0 Å². The average Bonchev–Trinajstić information content (AvgIpc) is 2.77. The van der Waals surface area contributed by atoms with E-state index in [1.165, 1.54) is 24.3 Å². The molecule has 1 aliphatic rings. The Hall–Kier alpha value is -2.60. The van der Waals surface area contributed by atoms with Gasteiger partial charge in [0.1, 0.15) is 5.88 Å². The second-order valence-electron chi connectivity index (χ2n) is 7.51. The highest BCUT2D eigenvalue weighted by Crippen LogP contribution is 2.24. The van der Waals surface area contributed by atoms with Gasteiger partial charge in [0.05, 0.1) is 5.56 Å². The van der Waals surface area contributed by atoms with Crippen LogP contribution in [0.2, 0.25) is 0 Å². The molecule has 1 aliphatic heterocycles. The first-order chi connectivity index (χ1) is 15.3. The molecule has 1 amide bonds. The Labute approximate surface area is 186 Å². The first kappa shape index (κ1) is 24.1. The Kier molecular flexibility index (Phi) is 8.51. The van der Waals surface area contributed by atoms with E-state index in [2.05, 4.69) is 10.3 Å². The van der Waals surface area contributed by atoms with Crippen molar-refractivity contribution < 1.29 is 31.6 Å². The van der Waals surface area contributed by atoms with Crippen LogP contribution in [0.4, 0.5) is 4.39 Å². The zero-order chi connectivity index (χ0) is 23.0. The molecular formula is C21H26FN3O6S. The number of ether oxygens (including phenoxy) is 2. The first-order valence-corrected chi connectivity index (χ1v) is 11.9. The number of rotatable bonds is 10. The molecule has 11 heteroatoms. The molecule has 0 radical (unpaired) electrons. The van der Waals surface area contributed by atoms with E-state index in [4.69, 9.17) is 14.0 Å². The second-order valence-corrected chi connectivity index (χ2v) is 8.96. The monoisotopic (exact) mass is 467 g/mol. The fraction of sp³-hybridized carbons (Fsp3) is 0.429. The summed E-state index contributed by atoms with van der Waals surface area (Å²) in [6, 6.07) is 7.37. The van der Waals surface area contributed by atoms with E-state index in [9.17, 15) is 17.6 Å². The molecule has 2 aromatic rings. The smallest absolute Gasteiger partial charge is 0.283 e. The Morgan fingerprint density at radius 1 is 1.25 bits per heavy atom. The minimum Gasteiger partial charge on any atom is -0.436 e. The summed E-state index contributed by atoms with van der Waals surface area (Å²) in [5, 5.41) is 5.36. The lowest BCUT2D eigenvalue weighted by Gasteiger charge is -2.21. The quantitative estimate of drug-likeness (QED) is 0.359. The van der Waals surface area contributed by atoms with Gasteiger partial charge in [0.2, 0.25) is 5.88 Å². The molecule has 3 N–H and O–H groups in total. The van der Waals surface area contributed by atoms with E-state index in [0.29, 0.717) is 12.5 Å². The van der Waals surface area contributed by atoms with E-state index in [-0.39, 0.29) is 17.2 Å². The SMILES string of the molecule is O=C(NCS(=O)(=O)O)c1ccc(Oc2ccc(CNCCC3CCOCC3)cc2F)nc1. The maximum Gasteiger partial charge on any atom is 0.283 e. The number of halogens is 1. The van der Waals surface area contributed by atoms with Gasteiger partial charge in [-0.1, -0.05) is 6.07 Å². The normalized spacial score (nSPS) is 14.8. The summed E-state index contributed by atoms with van der Waals surface area (Å²) in [7, 11) is -4.33. The van der Waals surface area contributed by atoms with Gasteiger partial charge in [-0.15, -0.1) is 0 Å². The van der Waals surface area contributed by atoms with E-state index >= 15 is 0 Å². The topological polar surface area (TPSA) is 127 Å². The molecule has 0 spiro atoms. The van der Waals surface area contributed by atoms with Crippen molar-refractivity contribution in [2.45, 2.75) is 25.8 Å². The molecular weight excluding hydrogens is 441 g/mol. The van der Waals surface area contributed by atoms with Gasteiger partial charge in [-0.3, -0.25) is 9.35 Å². The zero-order valence-corrected chi connectivity index (χ0v) is 18.2. The number of amides is 1. The third kappa shape index (κ3) is 7.83. The summed E-state index contributed by atoms with van der Waals surface area (Å²) in [6.45, 7) is 3.07. The van der Waals surface area contributed by atoms with E-state index < -0.39 is 27.7 Å². The highest BCUT2D eigenvalue weighted by Gasteiger charge is 2.14. The van der Waals surface area contributed by atoms with Crippen LogP contribution in [0, 0.1) is 11.7 Å². The highest BCUT2D eigenvalue weighted by atomic mass is 32.2. The molecule has 1 fully saturated rings. The maximum atomic E-state index is 14.4. The van der Waals surface area contributed by atoms with Crippen LogP contribution in [0.1, 0.15) is 35.2 Å². The Morgan fingerprint density at radius 2 is 2.03 bits per heavy atom. The molecule has 2 heterocycles.